The van der Waals surface area contributed by atoms with E-state index in [-0.39, 0.29) is 11.5 Å². The number of thioether (sulfide) groups is 1. The van der Waals surface area contributed by atoms with Crippen molar-refractivity contribution in [2.45, 2.75) is 5.16 Å². The van der Waals surface area contributed by atoms with Gasteiger partial charge < -0.3 is 4.74 Å². The van der Waals surface area contributed by atoms with E-state index in [1.165, 1.54) is 11.8 Å². The number of benzene rings is 2. The van der Waals surface area contributed by atoms with Gasteiger partial charge in [-0.15, -0.1) is 5.10 Å². The number of carbonyl (C=O) groups is 1. The molecule has 0 radical (unpaired) electrons. The van der Waals surface area contributed by atoms with Gasteiger partial charge in [-0.2, -0.15) is 4.68 Å². The molecule has 0 aliphatic rings. The van der Waals surface area contributed by atoms with Crippen LogP contribution in [-0.4, -0.2) is 38.9 Å². The van der Waals surface area contributed by atoms with Crippen LogP contribution in [0.2, 0.25) is 5.02 Å². The summed E-state index contributed by atoms with van der Waals surface area (Å²) in [4.78, 5) is 12.4. The summed E-state index contributed by atoms with van der Waals surface area (Å²) in [7, 11) is 1.54. The monoisotopic (exact) mass is 360 g/mol. The number of Topliss-reactive ketones (excluding diaryl/α,β-unsaturated/α-hetero) is 1. The maximum atomic E-state index is 12.4. The Kier molecular flexibility index (Phi) is 5.12. The lowest BCUT2D eigenvalue weighted by atomic mass is 10.1. The predicted molar refractivity (Wildman–Crippen MR) is 92.2 cm³/mol. The minimum atomic E-state index is -0.0527. The van der Waals surface area contributed by atoms with E-state index in [0.717, 1.165) is 5.69 Å². The van der Waals surface area contributed by atoms with E-state index in [4.69, 9.17) is 16.3 Å². The molecule has 0 unspecified atom stereocenters. The zero-order valence-corrected chi connectivity index (χ0v) is 14.3. The highest BCUT2D eigenvalue weighted by atomic mass is 35.5. The number of carbonyl (C=O) groups excluding carboxylic acids is 1. The average molecular weight is 361 g/mol. The summed E-state index contributed by atoms with van der Waals surface area (Å²) in [6.45, 7) is 0. The van der Waals surface area contributed by atoms with E-state index in [9.17, 15) is 4.79 Å². The molecule has 122 valence electrons. The van der Waals surface area contributed by atoms with Crippen LogP contribution in [0.5, 0.6) is 5.75 Å². The van der Waals surface area contributed by atoms with Gasteiger partial charge in [0.25, 0.3) is 0 Å². The van der Waals surface area contributed by atoms with Crippen LogP contribution in [0.25, 0.3) is 5.69 Å². The molecule has 8 heteroatoms. The Labute approximate surface area is 147 Å². The maximum absolute atomic E-state index is 12.4. The third-order valence-electron chi connectivity index (χ3n) is 3.25. The van der Waals surface area contributed by atoms with Gasteiger partial charge in [-0.05, 0) is 46.8 Å². The first kappa shape index (κ1) is 16.5. The van der Waals surface area contributed by atoms with Crippen LogP contribution in [0.3, 0.4) is 0 Å². The van der Waals surface area contributed by atoms with Crippen molar-refractivity contribution in [1.82, 2.24) is 20.2 Å². The highest BCUT2D eigenvalue weighted by molar-refractivity contribution is 7.99. The lowest BCUT2D eigenvalue weighted by molar-refractivity contribution is 0.101. The first-order chi connectivity index (χ1) is 11.7. The van der Waals surface area contributed by atoms with E-state index >= 15 is 0 Å². The molecule has 0 aliphatic carbocycles. The second-order valence-electron chi connectivity index (χ2n) is 4.76. The topological polar surface area (TPSA) is 69.9 Å². The summed E-state index contributed by atoms with van der Waals surface area (Å²) in [5.74, 6) is 0.706. The number of hydrogen-bond acceptors (Lipinski definition) is 6. The molecule has 0 fully saturated rings. The molecule has 0 aliphatic heterocycles. The summed E-state index contributed by atoms with van der Waals surface area (Å²) in [6, 6.07) is 14.3. The molecule has 3 aromatic rings. The van der Waals surface area contributed by atoms with Crippen molar-refractivity contribution in [3.63, 3.8) is 0 Å². The Balaban J connectivity index is 1.75. The Morgan fingerprint density at radius 1 is 1.21 bits per heavy atom. The Hall–Kier alpha value is -2.38. The van der Waals surface area contributed by atoms with Gasteiger partial charge in [0, 0.05) is 5.02 Å². The number of hydrogen-bond donors (Lipinski definition) is 0. The number of ketones is 1. The van der Waals surface area contributed by atoms with Crippen molar-refractivity contribution in [2.24, 2.45) is 0 Å². The fourth-order valence-corrected chi connectivity index (χ4v) is 3.00. The fourth-order valence-electron chi connectivity index (χ4n) is 2.10. The normalized spacial score (nSPS) is 10.6. The minimum absolute atomic E-state index is 0.0527. The van der Waals surface area contributed by atoms with Crippen LogP contribution in [0.1, 0.15) is 10.4 Å². The second-order valence-corrected chi connectivity index (χ2v) is 6.14. The second kappa shape index (κ2) is 7.46. The van der Waals surface area contributed by atoms with Gasteiger partial charge >= 0.3 is 0 Å². The van der Waals surface area contributed by atoms with Gasteiger partial charge in [0.05, 0.1) is 24.1 Å². The highest BCUT2D eigenvalue weighted by Crippen LogP contribution is 2.23. The van der Waals surface area contributed by atoms with Crippen molar-refractivity contribution < 1.29 is 9.53 Å². The molecule has 1 aromatic heterocycles. The van der Waals surface area contributed by atoms with Crippen molar-refractivity contribution in [3.8, 4) is 11.4 Å². The lowest BCUT2D eigenvalue weighted by Gasteiger charge is -2.07. The van der Waals surface area contributed by atoms with Crippen molar-refractivity contribution in [2.75, 3.05) is 12.9 Å². The molecule has 1 heterocycles. The van der Waals surface area contributed by atoms with E-state index in [2.05, 4.69) is 15.5 Å². The summed E-state index contributed by atoms with van der Waals surface area (Å²) in [5.41, 5.74) is 1.31. The van der Waals surface area contributed by atoms with Crippen LogP contribution >= 0.6 is 23.4 Å². The number of rotatable bonds is 6. The Morgan fingerprint density at radius 2 is 1.96 bits per heavy atom. The quantitative estimate of drug-likeness (QED) is 0.496. The van der Waals surface area contributed by atoms with Crippen LogP contribution in [0, 0.1) is 0 Å². The third kappa shape index (κ3) is 3.58. The molecular formula is C16H13ClN4O2S. The largest absolute Gasteiger partial charge is 0.496 e. The number of methoxy groups -OCH3 is 1. The summed E-state index contributed by atoms with van der Waals surface area (Å²) in [5, 5.41) is 12.8. The van der Waals surface area contributed by atoms with Crippen molar-refractivity contribution in [3.05, 3.63) is 59.1 Å². The molecule has 0 spiro atoms. The molecule has 24 heavy (non-hydrogen) atoms. The van der Waals surface area contributed by atoms with Gasteiger partial charge in [-0.1, -0.05) is 35.5 Å². The standard InChI is InChI=1S/C16H13ClN4O2S/c1-23-15-5-3-2-4-13(15)14(22)10-24-16-18-19-20-21(16)12-8-6-11(17)7-9-12/h2-9H,10H2,1H3. The Bertz CT molecular complexity index is 851. The number of halogens is 1. The number of tetrazole rings is 1. The summed E-state index contributed by atoms with van der Waals surface area (Å²) in [6.07, 6.45) is 0. The maximum Gasteiger partial charge on any atom is 0.214 e. The number of para-hydroxylation sites is 1. The van der Waals surface area contributed by atoms with Crippen LogP contribution < -0.4 is 4.74 Å². The Morgan fingerprint density at radius 3 is 2.71 bits per heavy atom. The predicted octanol–water partition coefficient (Wildman–Crippen LogP) is 3.30. The number of aromatic nitrogens is 4. The molecule has 3 rings (SSSR count). The first-order valence-electron chi connectivity index (χ1n) is 7.02. The zero-order chi connectivity index (χ0) is 16.9. The molecule has 6 nitrogen and oxygen atoms in total. The molecule has 2 aromatic carbocycles. The van der Waals surface area contributed by atoms with Gasteiger partial charge in [0.2, 0.25) is 5.16 Å². The van der Waals surface area contributed by atoms with Crippen LogP contribution in [-0.2, 0) is 0 Å². The van der Waals surface area contributed by atoms with E-state index in [1.54, 1.807) is 42.1 Å². The fraction of sp³-hybridized carbons (Fsp3) is 0.125. The van der Waals surface area contributed by atoms with E-state index < -0.39 is 0 Å². The molecule has 0 N–H and O–H groups in total. The van der Waals surface area contributed by atoms with Gasteiger partial charge in [-0.25, -0.2) is 0 Å². The minimum Gasteiger partial charge on any atom is -0.496 e. The number of nitrogens with zero attached hydrogens (tertiary/aromatic N) is 4. The zero-order valence-electron chi connectivity index (χ0n) is 12.7. The summed E-state index contributed by atoms with van der Waals surface area (Å²) >= 11 is 7.15. The van der Waals surface area contributed by atoms with Crippen LogP contribution in [0.15, 0.2) is 53.7 Å². The summed E-state index contributed by atoms with van der Waals surface area (Å²) < 4.78 is 6.79. The van der Waals surface area contributed by atoms with Gasteiger partial charge in [0.15, 0.2) is 5.78 Å². The van der Waals surface area contributed by atoms with Gasteiger partial charge in [-0.3, -0.25) is 4.79 Å². The average Bonchev–Trinajstić information content (AvgIpc) is 3.08. The molecule has 0 saturated heterocycles. The SMILES string of the molecule is COc1ccccc1C(=O)CSc1nnnn1-c1ccc(Cl)cc1. The van der Waals surface area contributed by atoms with Gasteiger partial charge in [0.1, 0.15) is 5.75 Å². The molecule has 0 saturated carbocycles. The molecule has 0 amide bonds. The number of ether oxygens (including phenoxy) is 1. The molecular weight excluding hydrogens is 348 g/mol. The van der Waals surface area contributed by atoms with Crippen LogP contribution in [0.4, 0.5) is 0 Å². The molecule has 0 atom stereocenters. The van der Waals surface area contributed by atoms with E-state index in [0.29, 0.717) is 21.5 Å². The van der Waals surface area contributed by atoms with Crippen molar-refractivity contribution in [1.29, 1.82) is 0 Å². The first-order valence-corrected chi connectivity index (χ1v) is 8.38. The lowest BCUT2D eigenvalue weighted by Crippen LogP contribution is -2.06. The van der Waals surface area contributed by atoms with E-state index in [1.807, 2.05) is 18.2 Å². The molecule has 0 bridgehead atoms. The highest BCUT2D eigenvalue weighted by Gasteiger charge is 2.15. The smallest absolute Gasteiger partial charge is 0.214 e. The van der Waals surface area contributed by atoms with Crippen molar-refractivity contribution >= 4 is 29.1 Å². The third-order valence-corrected chi connectivity index (χ3v) is 4.42.